The van der Waals surface area contributed by atoms with Gasteiger partial charge < -0.3 is 9.67 Å². The maximum absolute atomic E-state index is 9.81. The van der Waals surface area contributed by atoms with Gasteiger partial charge in [-0.25, -0.2) is 0 Å². The maximum Gasteiger partial charge on any atom is 0.143 e. The second-order valence-electron chi connectivity index (χ2n) is 8.60. The zero-order valence-corrected chi connectivity index (χ0v) is 17.7. The van der Waals surface area contributed by atoms with Gasteiger partial charge in [0.1, 0.15) is 11.6 Å². The highest BCUT2D eigenvalue weighted by atomic mass is 32.2. The normalized spacial score (nSPS) is 22.7. The Labute approximate surface area is 175 Å². The van der Waals surface area contributed by atoms with Crippen LogP contribution in [0.25, 0.3) is 11.3 Å². The van der Waals surface area contributed by atoms with Gasteiger partial charge in [-0.05, 0) is 43.9 Å². The predicted molar refractivity (Wildman–Crippen MR) is 116 cm³/mol. The summed E-state index contributed by atoms with van der Waals surface area (Å²) in [5.74, 6) is 3.08. The highest BCUT2D eigenvalue weighted by molar-refractivity contribution is 8.00. The summed E-state index contributed by atoms with van der Waals surface area (Å²) in [6, 6.07) is 13.0. The van der Waals surface area contributed by atoms with Crippen LogP contribution in [0.4, 0.5) is 0 Å². The van der Waals surface area contributed by atoms with Crippen LogP contribution in [-0.4, -0.2) is 42.0 Å². The van der Waals surface area contributed by atoms with Crippen molar-refractivity contribution in [1.82, 2.24) is 19.7 Å². The average Bonchev–Trinajstić information content (AvgIpc) is 3.49. The zero-order chi connectivity index (χ0) is 20.1. The SMILES string of the molecule is Cc1ccc(-c2ccc(C3(c4nnc5n4CCSC(C)(CO)C5)CC3)cc2)nc1. The standard InChI is InChI=1S/C23H26N4OS/c1-16-3-8-19(24-14-16)17-4-6-18(7-5-17)23(9-10-23)21-26-25-20-13-22(2,15-28)29-12-11-27(20)21/h3-8,14,28H,9-13,15H2,1-2H3. The Morgan fingerprint density at radius 1 is 1.10 bits per heavy atom. The minimum atomic E-state index is -0.169. The van der Waals surface area contributed by atoms with E-state index in [4.69, 9.17) is 0 Å². The van der Waals surface area contributed by atoms with E-state index in [0.29, 0.717) is 0 Å². The van der Waals surface area contributed by atoms with Gasteiger partial charge >= 0.3 is 0 Å². The number of aliphatic hydroxyl groups is 1. The molecule has 0 amide bonds. The summed E-state index contributed by atoms with van der Waals surface area (Å²) in [4.78, 5) is 4.55. The molecule has 0 bridgehead atoms. The van der Waals surface area contributed by atoms with E-state index >= 15 is 0 Å². The van der Waals surface area contributed by atoms with Gasteiger partial charge in [-0.2, -0.15) is 11.8 Å². The van der Waals surface area contributed by atoms with Crippen LogP contribution in [0.2, 0.25) is 0 Å². The number of rotatable bonds is 4. The minimum absolute atomic E-state index is 0.0187. The van der Waals surface area contributed by atoms with Crippen LogP contribution in [0.15, 0.2) is 42.6 Å². The molecule has 3 heterocycles. The number of benzene rings is 1. The molecule has 3 aromatic rings. The van der Waals surface area contributed by atoms with Crippen LogP contribution in [0.1, 0.15) is 42.5 Å². The highest BCUT2D eigenvalue weighted by Crippen LogP contribution is 2.53. The van der Waals surface area contributed by atoms with E-state index in [2.05, 4.69) is 70.0 Å². The van der Waals surface area contributed by atoms with Gasteiger partial charge in [-0.15, -0.1) is 10.2 Å². The second-order valence-corrected chi connectivity index (χ2v) is 10.3. The lowest BCUT2D eigenvalue weighted by Crippen LogP contribution is -2.28. The van der Waals surface area contributed by atoms with Crippen LogP contribution in [0, 0.1) is 6.92 Å². The first-order chi connectivity index (χ1) is 14.0. The van der Waals surface area contributed by atoms with Crippen LogP contribution in [0.5, 0.6) is 0 Å². The summed E-state index contributed by atoms with van der Waals surface area (Å²) < 4.78 is 2.15. The van der Waals surface area contributed by atoms with Gasteiger partial charge in [0.2, 0.25) is 0 Å². The Morgan fingerprint density at radius 2 is 1.90 bits per heavy atom. The molecule has 1 unspecified atom stereocenters. The fraction of sp³-hybridized carbons (Fsp3) is 0.435. The molecule has 150 valence electrons. The molecule has 0 spiro atoms. The number of aryl methyl sites for hydroxylation is 1. The third-order valence-corrected chi connectivity index (χ3v) is 7.64. The summed E-state index contributed by atoms with van der Waals surface area (Å²) in [7, 11) is 0. The Balaban J connectivity index is 1.46. The molecule has 1 aliphatic heterocycles. The van der Waals surface area contributed by atoms with Crippen molar-refractivity contribution in [2.75, 3.05) is 12.4 Å². The number of thioether (sulfide) groups is 1. The Hall–Kier alpha value is -2.18. The van der Waals surface area contributed by atoms with Gasteiger partial charge in [0.05, 0.1) is 17.7 Å². The molecular weight excluding hydrogens is 380 g/mol. The smallest absolute Gasteiger partial charge is 0.143 e. The van der Waals surface area contributed by atoms with Crippen molar-refractivity contribution in [1.29, 1.82) is 0 Å². The Morgan fingerprint density at radius 3 is 2.55 bits per heavy atom. The summed E-state index contributed by atoms with van der Waals surface area (Å²) in [6.07, 6.45) is 4.89. The number of pyridine rings is 1. The lowest BCUT2D eigenvalue weighted by molar-refractivity contribution is 0.254. The fourth-order valence-electron chi connectivity index (χ4n) is 4.29. The summed E-state index contributed by atoms with van der Waals surface area (Å²) in [6.45, 7) is 5.25. The molecule has 29 heavy (non-hydrogen) atoms. The number of fused-ring (bicyclic) bond motifs is 1. The van der Waals surface area contributed by atoms with Crippen LogP contribution < -0.4 is 0 Å². The van der Waals surface area contributed by atoms with Crippen LogP contribution in [0.3, 0.4) is 0 Å². The molecule has 2 aliphatic rings. The van der Waals surface area contributed by atoms with Gasteiger partial charge in [-0.1, -0.05) is 30.3 Å². The molecule has 1 aromatic carbocycles. The monoisotopic (exact) mass is 406 g/mol. The van der Waals surface area contributed by atoms with Crippen molar-refractivity contribution in [3.63, 3.8) is 0 Å². The third kappa shape index (κ3) is 3.28. The molecule has 0 saturated heterocycles. The van der Waals surface area contributed by atoms with E-state index in [1.807, 2.05) is 18.0 Å². The highest BCUT2D eigenvalue weighted by Gasteiger charge is 2.50. The first-order valence-corrected chi connectivity index (χ1v) is 11.2. The van der Waals surface area contributed by atoms with Crippen molar-refractivity contribution in [3.8, 4) is 11.3 Å². The summed E-state index contributed by atoms with van der Waals surface area (Å²) in [5, 5.41) is 19.0. The molecule has 0 radical (unpaired) electrons. The molecule has 5 nitrogen and oxygen atoms in total. The number of hydrogen-bond acceptors (Lipinski definition) is 5. The first kappa shape index (κ1) is 18.8. The van der Waals surface area contributed by atoms with Crippen molar-refractivity contribution in [3.05, 3.63) is 65.4 Å². The lowest BCUT2D eigenvalue weighted by atomic mass is 9.93. The van der Waals surface area contributed by atoms with Crippen molar-refractivity contribution in [2.24, 2.45) is 0 Å². The van der Waals surface area contributed by atoms with E-state index in [1.54, 1.807) is 0 Å². The van der Waals surface area contributed by atoms with E-state index < -0.39 is 0 Å². The predicted octanol–water partition coefficient (Wildman–Crippen LogP) is 3.77. The van der Waals surface area contributed by atoms with Gasteiger partial charge in [0, 0.05) is 35.2 Å². The molecule has 5 rings (SSSR count). The Kier molecular flexibility index (Phi) is 4.51. The number of nitrogens with zero attached hydrogens (tertiary/aromatic N) is 4. The maximum atomic E-state index is 9.81. The lowest BCUT2D eigenvalue weighted by Gasteiger charge is -2.23. The number of hydrogen-bond donors (Lipinski definition) is 1. The molecule has 1 N–H and O–H groups in total. The zero-order valence-electron chi connectivity index (χ0n) is 16.9. The average molecular weight is 407 g/mol. The summed E-state index contributed by atoms with van der Waals surface area (Å²) >= 11 is 1.84. The first-order valence-electron chi connectivity index (χ1n) is 10.2. The molecule has 1 fully saturated rings. The van der Waals surface area contributed by atoms with Gasteiger partial charge in [0.15, 0.2) is 0 Å². The number of aromatic nitrogens is 4. The molecular formula is C23H26N4OS. The van der Waals surface area contributed by atoms with Gasteiger partial charge in [-0.3, -0.25) is 4.98 Å². The number of aliphatic hydroxyl groups excluding tert-OH is 1. The van der Waals surface area contributed by atoms with Crippen molar-refractivity contribution < 1.29 is 5.11 Å². The largest absolute Gasteiger partial charge is 0.395 e. The third-order valence-electron chi connectivity index (χ3n) is 6.28. The summed E-state index contributed by atoms with van der Waals surface area (Å²) in [5.41, 5.74) is 4.61. The Bertz CT molecular complexity index is 1020. The molecule has 6 heteroatoms. The minimum Gasteiger partial charge on any atom is -0.395 e. The van der Waals surface area contributed by atoms with Crippen molar-refractivity contribution >= 4 is 11.8 Å². The molecule has 1 aliphatic carbocycles. The van der Waals surface area contributed by atoms with Gasteiger partial charge in [0.25, 0.3) is 0 Å². The molecule has 1 saturated carbocycles. The van der Waals surface area contributed by atoms with Crippen LogP contribution in [-0.2, 0) is 18.4 Å². The second kappa shape index (κ2) is 6.96. The molecule has 2 aromatic heterocycles. The van der Waals surface area contributed by atoms with E-state index in [1.165, 1.54) is 11.1 Å². The van der Waals surface area contributed by atoms with E-state index in [9.17, 15) is 5.11 Å². The molecule has 1 atom stereocenters. The topological polar surface area (TPSA) is 63.8 Å². The quantitative estimate of drug-likeness (QED) is 0.715. The van der Waals surface area contributed by atoms with E-state index in [-0.39, 0.29) is 16.8 Å². The fourth-order valence-corrected chi connectivity index (χ4v) is 5.38. The van der Waals surface area contributed by atoms with E-state index in [0.717, 1.165) is 54.5 Å². The van der Waals surface area contributed by atoms with Crippen LogP contribution >= 0.6 is 11.8 Å². The van der Waals surface area contributed by atoms with Crippen molar-refractivity contribution in [2.45, 2.75) is 49.8 Å².